The van der Waals surface area contributed by atoms with Crippen molar-refractivity contribution in [1.82, 2.24) is 0 Å². The van der Waals surface area contributed by atoms with Crippen LogP contribution < -0.4 is 0 Å². The number of hydrogen-bond acceptors (Lipinski definition) is 0. The molecule has 2 aromatic carbocycles. The van der Waals surface area contributed by atoms with Gasteiger partial charge in [-0.05, 0) is 29.7 Å². The summed E-state index contributed by atoms with van der Waals surface area (Å²) < 4.78 is 0. The molecule has 2 heteroatoms. The first kappa shape index (κ1) is 12.2. The molecule has 0 aliphatic heterocycles. The van der Waals surface area contributed by atoms with Gasteiger partial charge in [-0.3, -0.25) is 0 Å². The lowest BCUT2D eigenvalue weighted by Crippen LogP contribution is -1.88. The zero-order valence-electron chi connectivity index (χ0n) is 9.29. The van der Waals surface area contributed by atoms with Crippen LogP contribution in [-0.4, -0.2) is 0 Å². The minimum absolute atomic E-state index is 0.653. The van der Waals surface area contributed by atoms with Crippen LogP contribution in [0.25, 0.3) is 11.1 Å². The van der Waals surface area contributed by atoms with E-state index in [2.05, 4.69) is 18.7 Å². The molecular weight excluding hydrogens is 251 g/mol. The Labute approximate surface area is 112 Å². The van der Waals surface area contributed by atoms with E-state index in [0.717, 1.165) is 17.5 Å². The largest absolute Gasteiger partial charge is 0.103 e. The molecule has 0 atom stereocenters. The van der Waals surface area contributed by atoms with Gasteiger partial charge in [0.15, 0.2) is 0 Å². The van der Waals surface area contributed by atoms with E-state index in [1.54, 1.807) is 6.07 Å². The molecule has 2 rings (SSSR count). The molecule has 0 nitrogen and oxygen atoms in total. The summed E-state index contributed by atoms with van der Waals surface area (Å²) in [6.45, 7) is 3.77. The van der Waals surface area contributed by atoms with Gasteiger partial charge >= 0.3 is 0 Å². The molecule has 0 aliphatic rings. The Bertz CT molecular complexity index is 544. The summed E-state index contributed by atoms with van der Waals surface area (Å²) in [6, 6.07) is 13.7. The van der Waals surface area contributed by atoms with Crippen molar-refractivity contribution in [2.75, 3.05) is 0 Å². The fourth-order valence-electron chi connectivity index (χ4n) is 1.82. The average Bonchev–Trinajstić information content (AvgIpc) is 2.31. The quantitative estimate of drug-likeness (QED) is 0.651. The molecular formula is C15H12Cl2. The zero-order valence-corrected chi connectivity index (χ0v) is 10.8. The van der Waals surface area contributed by atoms with Crippen molar-refractivity contribution in [3.05, 3.63) is 70.7 Å². The van der Waals surface area contributed by atoms with Crippen LogP contribution in [-0.2, 0) is 6.42 Å². The van der Waals surface area contributed by atoms with Crippen LogP contribution in [0.2, 0.25) is 10.0 Å². The van der Waals surface area contributed by atoms with Gasteiger partial charge in [0.25, 0.3) is 0 Å². The van der Waals surface area contributed by atoms with Crippen molar-refractivity contribution in [1.29, 1.82) is 0 Å². The van der Waals surface area contributed by atoms with E-state index in [4.69, 9.17) is 23.2 Å². The Morgan fingerprint density at radius 2 is 1.76 bits per heavy atom. The van der Waals surface area contributed by atoms with Crippen LogP contribution in [0.1, 0.15) is 5.56 Å². The SMILES string of the molecule is C=CCc1ccccc1-c1ccc(Cl)cc1Cl. The highest BCUT2D eigenvalue weighted by Gasteiger charge is 2.07. The summed E-state index contributed by atoms with van der Waals surface area (Å²) >= 11 is 12.1. The molecule has 86 valence electrons. The third-order valence-electron chi connectivity index (χ3n) is 2.60. The Hall–Kier alpha value is -1.24. The van der Waals surface area contributed by atoms with Crippen LogP contribution in [0.5, 0.6) is 0 Å². The Balaban J connectivity index is 2.55. The van der Waals surface area contributed by atoms with E-state index in [9.17, 15) is 0 Å². The second-order valence-corrected chi connectivity index (χ2v) is 4.62. The summed E-state index contributed by atoms with van der Waals surface area (Å²) in [5, 5.41) is 1.33. The lowest BCUT2D eigenvalue weighted by Gasteiger charge is -2.10. The molecule has 0 saturated heterocycles. The standard InChI is InChI=1S/C15H12Cl2/c1-2-5-11-6-3-4-7-13(11)14-9-8-12(16)10-15(14)17/h2-4,6-10H,1,5H2. The lowest BCUT2D eigenvalue weighted by molar-refractivity contribution is 1.28. The number of hydrogen-bond donors (Lipinski definition) is 0. The monoisotopic (exact) mass is 262 g/mol. The molecule has 2 aromatic rings. The van der Waals surface area contributed by atoms with Crippen molar-refractivity contribution in [2.45, 2.75) is 6.42 Å². The molecule has 0 amide bonds. The summed E-state index contributed by atoms with van der Waals surface area (Å²) in [5.41, 5.74) is 3.36. The first-order valence-corrected chi connectivity index (χ1v) is 6.12. The number of benzene rings is 2. The molecule has 0 aliphatic carbocycles. The van der Waals surface area contributed by atoms with Crippen molar-refractivity contribution < 1.29 is 0 Å². The van der Waals surface area contributed by atoms with E-state index >= 15 is 0 Å². The first-order valence-electron chi connectivity index (χ1n) is 5.36. The van der Waals surface area contributed by atoms with Gasteiger partial charge in [0.2, 0.25) is 0 Å². The minimum atomic E-state index is 0.653. The van der Waals surface area contributed by atoms with Gasteiger partial charge in [-0.1, -0.05) is 59.6 Å². The molecule has 0 fully saturated rings. The van der Waals surface area contributed by atoms with Gasteiger partial charge in [0, 0.05) is 15.6 Å². The summed E-state index contributed by atoms with van der Waals surface area (Å²) in [6.07, 6.45) is 2.72. The predicted octanol–water partition coefficient (Wildman–Crippen LogP) is 5.39. The smallest absolute Gasteiger partial charge is 0.0499 e. The topological polar surface area (TPSA) is 0 Å². The third kappa shape index (κ3) is 2.71. The maximum Gasteiger partial charge on any atom is 0.0499 e. The van der Waals surface area contributed by atoms with Gasteiger partial charge in [0.1, 0.15) is 0 Å². The minimum Gasteiger partial charge on any atom is -0.103 e. The van der Waals surface area contributed by atoms with E-state index in [1.165, 1.54) is 5.56 Å². The molecule has 0 N–H and O–H groups in total. The fourth-order valence-corrected chi connectivity index (χ4v) is 2.33. The second-order valence-electron chi connectivity index (χ2n) is 3.77. The Morgan fingerprint density at radius 3 is 2.47 bits per heavy atom. The number of rotatable bonds is 3. The molecule has 17 heavy (non-hydrogen) atoms. The molecule has 0 saturated carbocycles. The van der Waals surface area contributed by atoms with Crippen molar-refractivity contribution >= 4 is 23.2 Å². The van der Waals surface area contributed by atoms with Crippen LogP contribution in [0, 0.1) is 0 Å². The van der Waals surface area contributed by atoms with E-state index in [-0.39, 0.29) is 0 Å². The van der Waals surface area contributed by atoms with Gasteiger partial charge < -0.3 is 0 Å². The van der Waals surface area contributed by atoms with E-state index < -0.39 is 0 Å². The average molecular weight is 263 g/mol. The van der Waals surface area contributed by atoms with Crippen LogP contribution in [0.15, 0.2) is 55.1 Å². The lowest BCUT2D eigenvalue weighted by atomic mass is 9.98. The zero-order chi connectivity index (χ0) is 12.3. The van der Waals surface area contributed by atoms with Crippen LogP contribution in [0.3, 0.4) is 0 Å². The van der Waals surface area contributed by atoms with Crippen LogP contribution in [0.4, 0.5) is 0 Å². The molecule has 0 spiro atoms. The maximum absolute atomic E-state index is 6.23. The second kappa shape index (κ2) is 5.39. The first-order chi connectivity index (χ1) is 8.22. The normalized spacial score (nSPS) is 10.2. The molecule has 0 aromatic heterocycles. The van der Waals surface area contributed by atoms with Gasteiger partial charge in [-0.15, -0.1) is 6.58 Å². The molecule has 0 heterocycles. The Morgan fingerprint density at radius 1 is 1.00 bits per heavy atom. The van der Waals surface area contributed by atoms with Gasteiger partial charge in [-0.25, -0.2) is 0 Å². The fraction of sp³-hybridized carbons (Fsp3) is 0.0667. The summed E-state index contributed by atoms with van der Waals surface area (Å²) in [4.78, 5) is 0. The van der Waals surface area contributed by atoms with Gasteiger partial charge in [0.05, 0.1) is 0 Å². The molecule has 0 radical (unpaired) electrons. The van der Waals surface area contributed by atoms with E-state index in [1.807, 2.05) is 30.3 Å². The molecule has 0 bridgehead atoms. The van der Waals surface area contributed by atoms with Crippen molar-refractivity contribution in [2.24, 2.45) is 0 Å². The van der Waals surface area contributed by atoms with E-state index in [0.29, 0.717) is 10.0 Å². The number of allylic oxidation sites excluding steroid dienone is 1. The third-order valence-corrected chi connectivity index (χ3v) is 3.15. The number of halogens is 2. The highest BCUT2D eigenvalue weighted by atomic mass is 35.5. The highest BCUT2D eigenvalue weighted by Crippen LogP contribution is 2.32. The predicted molar refractivity (Wildman–Crippen MR) is 75.8 cm³/mol. The van der Waals surface area contributed by atoms with Crippen molar-refractivity contribution in [3.8, 4) is 11.1 Å². The van der Waals surface area contributed by atoms with Crippen molar-refractivity contribution in [3.63, 3.8) is 0 Å². The maximum atomic E-state index is 6.23. The van der Waals surface area contributed by atoms with Gasteiger partial charge in [-0.2, -0.15) is 0 Å². The summed E-state index contributed by atoms with van der Waals surface area (Å²) in [5.74, 6) is 0. The molecule has 0 unspecified atom stereocenters. The Kier molecular flexibility index (Phi) is 3.88. The van der Waals surface area contributed by atoms with Crippen LogP contribution >= 0.6 is 23.2 Å². The summed E-state index contributed by atoms with van der Waals surface area (Å²) in [7, 11) is 0. The highest BCUT2D eigenvalue weighted by molar-refractivity contribution is 6.36.